The van der Waals surface area contributed by atoms with Crippen LogP contribution in [0.1, 0.15) is 16.7 Å². The Kier molecular flexibility index (Phi) is 10.0. The Morgan fingerprint density at radius 2 is 1.11 bits per heavy atom. The molecular formula is C29H34O7. The van der Waals surface area contributed by atoms with Gasteiger partial charge in [-0.25, -0.2) is 0 Å². The average Bonchev–Trinajstić information content (AvgIpc) is 3.02. The van der Waals surface area contributed by atoms with E-state index < -0.39 is 36.8 Å². The van der Waals surface area contributed by atoms with Crippen LogP contribution >= 0.6 is 0 Å². The molecule has 0 aromatic heterocycles. The minimum Gasteiger partial charge on any atom is -0.387 e. The first kappa shape index (κ1) is 26.4. The van der Waals surface area contributed by atoms with Crippen molar-refractivity contribution < 1.29 is 33.9 Å². The fraction of sp³-hybridized carbons (Fsp3) is 0.379. The summed E-state index contributed by atoms with van der Waals surface area (Å²) in [5.41, 5.74) is 2.92. The molecule has 3 aromatic carbocycles. The third-order valence-electron chi connectivity index (χ3n) is 6.16. The van der Waals surface area contributed by atoms with Crippen molar-refractivity contribution in [2.75, 3.05) is 13.7 Å². The fourth-order valence-corrected chi connectivity index (χ4v) is 4.22. The van der Waals surface area contributed by atoms with E-state index in [0.29, 0.717) is 6.61 Å². The van der Waals surface area contributed by atoms with Gasteiger partial charge >= 0.3 is 0 Å². The second kappa shape index (κ2) is 13.6. The molecule has 0 bridgehead atoms. The number of aliphatic hydroxyl groups is 2. The Hall–Kier alpha value is -2.62. The monoisotopic (exact) mass is 494 g/mol. The predicted molar refractivity (Wildman–Crippen MR) is 134 cm³/mol. The maximum absolute atomic E-state index is 11.1. The highest BCUT2D eigenvalue weighted by atomic mass is 16.7. The van der Waals surface area contributed by atoms with Gasteiger partial charge in [0.05, 0.1) is 26.4 Å². The second-order valence-electron chi connectivity index (χ2n) is 8.78. The van der Waals surface area contributed by atoms with Crippen LogP contribution in [0.25, 0.3) is 0 Å². The van der Waals surface area contributed by atoms with E-state index in [1.54, 1.807) is 0 Å². The summed E-state index contributed by atoms with van der Waals surface area (Å²) in [4.78, 5) is 0. The Morgan fingerprint density at radius 3 is 1.61 bits per heavy atom. The van der Waals surface area contributed by atoms with Crippen molar-refractivity contribution in [3.63, 3.8) is 0 Å². The smallest absolute Gasteiger partial charge is 0.186 e. The molecule has 6 atom stereocenters. The number of benzene rings is 3. The van der Waals surface area contributed by atoms with Crippen molar-refractivity contribution in [3.8, 4) is 0 Å². The van der Waals surface area contributed by atoms with Gasteiger partial charge in [-0.05, 0) is 16.7 Å². The molecule has 1 aliphatic rings. The van der Waals surface area contributed by atoms with Gasteiger partial charge in [0.1, 0.15) is 30.5 Å². The van der Waals surface area contributed by atoms with Gasteiger partial charge in [0.2, 0.25) is 0 Å². The topological polar surface area (TPSA) is 86.6 Å². The van der Waals surface area contributed by atoms with Crippen molar-refractivity contribution in [2.45, 2.75) is 56.6 Å². The van der Waals surface area contributed by atoms with E-state index in [-0.39, 0.29) is 19.8 Å². The maximum Gasteiger partial charge on any atom is 0.186 e. The van der Waals surface area contributed by atoms with E-state index in [1.807, 2.05) is 91.0 Å². The molecule has 192 valence electrons. The Morgan fingerprint density at radius 1 is 0.639 bits per heavy atom. The summed E-state index contributed by atoms with van der Waals surface area (Å²) in [5, 5.41) is 22.0. The molecule has 0 saturated carbocycles. The SMILES string of the molecule is CO[C@H]1O[C@H](COCc2ccccc2)[C@H](OCc2ccccc2)[C@H](OCc2ccccc2)[C@H](O)[C@H]1O. The molecule has 3 aromatic rings. The summed E-state index contributed by atoms with van der Waals surface area (Å²) < 4.78 is 30.0. The Bertz CT molecular complexity index is 1000. The Labute approximate surface area is 212 Å². The van der Waals surface area contributed by atoms with E-state index in [9.17, 15) is 10.2 Å². The van der Waals surface area contributed by atoms with Gasteiger partial charge in [-0.15, -0.1) is 0 Å². The third kappa shape index (κ3) is 7.21. The van der Waals surface area contributed by atoms with Gasteiger partial charge in [-0.3, -0.25) is 0 Å². The molecule has 4 rings (SSSR count). The van der Waals surface area contributed by atoms with Crippen LogP contribution in [-0.2, 0) is 43.5 Å². The molecule has 7 nitrogen and oxygen atoms in total. The molecule has 7 heteroatoms. The highest BCUT2D eigenvalue weighted by Gasteiger charge is 2.47. The third-order valence-corrected chi connectivity index (χ3v) is 6.16. The summed E-state index contributed by atoms with van der Waals surface area (Å²) in [7, 11) is 1.42. The number of hydrogen-bond acceptors (Lipinski definition) is 7. The van der Waals surface area contributed by atoms with Gasteiger partial charge in [0.15, 0.2) is 6.29 Å². The predicted octanol–water partition coefficient (Wildman–Crippen LogP) is 3.47. The molecule has 1 aliphatic heterocycles. The van der Waals surface area contributed by atoms with Gasteiger partial charge in [-0.1, -0.05) is 91.0 Å². The van der Waals surface area contributed by atoms with Crippen molar-refractivity contribution in [1.82, 2.24) is 0 Å². The minimum atomic E-state index is -1.34. The lowest BCUT2D eigenvalue weighted by atomic mass is 10.00. The van der Waals surface area contributed by atoms with E-state index in [0.717, 1.165) is 16.7 Å². The van der Waals surface area contributed by atoms with Gasteiger partial charge in [-0.2, -0.15) is 0 Å². The highest BCUT2D eigenvalue weighted by Crippen LogP contribution is 2.28. The van der Waals surface area contributed by atoms with E-state index >= 15 is 0 Å². The van der Waals surface area contributed by atoms with Crippen LogP contribution in [0.4, 0.5) is 0 Å². The molecule has 1 saturated heterocycles. The summed E-state index contributed by atoms with van der Waals surface area (Å²) in [6.07, 6.45) is -6.02. The lowest BCUT2D eigenvalue weighted by Gasteiger charge is -2.33. The number of rotatable bonds is 11. The zero-order chi connectivity index (χ0) is 25.2. The molecule has 2 N–H and O–H groups in total. The lowest BCUT2D eigenvalue weighted by molar-refractivity contribution is -0.228. The number of methoxy groups -OCH3 is 1. The quantitative estimate of drug-likeness (QED) is 0.422. The van der Waals surface area contributed by atoms with Crippen molar-refractivity contribution in [1.29, 1.82) is 0 Å². The van der Waals surface area contributed by atoms with Crippen LogP contribution in [0.3, 0.4) is 0 Å². The highest BCUT2D eigenvalue weighted by molar-refractivity contribution is 5.15. The van der Waals surface area contributed by atoms with E-state index in [4.69, 9.17) is 23.7 Å². The molecule has 0 spiro atoms. The van der Waals surface area contributed by atoms with Crippen molar-refractivity contribution in [2.24, 2.45) is 0 Å². The zero-order valence-electron chi connectivity index (χ0n) is 20.4. The van der Waals surface area contributed by atoms with E-state index in [1.165, 1.54) is 7.11 Å². The Balaban J connectivity index is 1.55. The van der Waals surface area contributed by atoms with Crippen LogP contribution in [0.5, 0.6) is 0 Å². The number of aliphatic hydroxyl groups excluding tert-OH is 2. The van der Waals surface area contributed by atoms with Crippen LogP contribution < -0.4 is 0 Å². The fourth-order valence-electron chi connectivity index (χ4n) is 4.22. The number of ether oxygens (including phenoxy) is 5. The summed E-state index contributed by atoms with van der Waals surface area (Å²) in [5.74, 6) is 0. The summed E-state index contributed by atoms with van der Waals surface area (Å²) in [6, 6.07) is 29.2. The van der Waals surface area contributed by atoms with Gasteiger partial charge in [0, 0.05) is 7.11 Å². The zero-order valence-corrected chi connectivity index (χ0v) is 20.4. The molecule has 1 fully saturated rings. The lowest BCUT2D eigenvalue weighted by Crippen LogP contribution is -2.50. The first-order valence-corrected chi connectivity index (χ1v) is 12.1. The molecule has 0 aliphatic carbocycles. The maximum atomic E-state index is 11.1. The second-order valence-corrected chi connectivity index (χ2v) is 8.78. The van der Waals surface area contributed by atoms with Crippen LogP contribution in [-0.4, -0.2) is 60.7 Å². The molecule has 1 heterocycles. The molecule has 0 unspecified atom stereocenters. The van der Waals surface area contributed by atoms with E-state index in [2.05, 4.69) is 0 Å². The first-order chi connectivity index (χ1) is 17.7. The molecular weight excluding hydrogens is 460 g/mol. The summed E-state index contributed by atoms with van der Waals surface area (Å²) in [6.45, 7) is 1.04. The molecule has 36 heavy (non-hydrogen) atoms. The minimum absolute atomic E-state index is 0.152. The van der Waals surface area contributed by atoms with Crippen LogP contribution in [0.15, 0.2) is 91.0 Å². The van der Waals surface area contributed by atoms with Crippen molar-refractivity contribution in [3.05, 3.63) is 108 Å². The molecule has 0 radical (unpaired) electrons. The first-order valence-electron chi connectivity index (χ1n) is 12.1. The van der Waals surface area contributed by atoms with Crippen molar-refractivity contribution >= 4 is 0 Å². The van der Waals surface area contributed by atoms with Gasteiger partial charge in [0.25, 0.3) is 0 Å². The largest absolute Gasteiger partial charge is 0.387 e. The standard InChI is InChI=1S/C29H34O7/c1-32-29-26(31)25(30)28(35-19-23-15-9-4-10-16-23)27(34-18-22-13-7-3-8-14-22)24(36-29)20-33-17-21-11-5-2-6-12-21/h2-16,24-31H,17-20H2,1H3/t24-,25-,26-,27+,28-,29+/m1/s1. The molecule has 0 amide bonds. The average molecular weight is 495 g/mol. The summed E-state index contributed by atoms with van der Waals surface area (Å²) >= 11 is 0. The van der Waals surface area contributed by atoms with Crippen LogP contribution in [0, 0.1) is 0 Å². The van der Waals surface area contributed by atoms with Gasteiger partial charge < -0.3 is 33.9 Å². The normalized spacial score (nSPS) is 26.4. The number of hydrogen-bond donors (Lipinski definition) is 2. The van der Waals surface area contributed by atoms with Crippen LogP contribution in [0.2, 0.25) is 0 Å².